The molecule has 0 bridgehead atoms. The highest BCUT2D eigenvalue weighted by Crippen LogP contribution is 2.32. The summed E-state index contributed by atoms with van der Waals surface area (Å²) in [5, 5.41) is 15.3. The summed E-state index contributed by atoms with van der Waals surface area (Å²) in [5.74, 6) is 0. The van der Waals surface area contributed by atoms with E-state index < -0.39 is 10.0 Å². The van der Waals surface area contributed by atoms with Crippen LogP contribution in [0.1, 0.15) is 31.7 Å². The number of aliphatic hydroxyl groups is 1. The molecule has 0 saturated heterocycles. The largest absolute Gasteiger partial charge is 0.392 e. The van der Waals surface area contributed by atoms with Gasteiger partial charge in [0.1, 0.15) is 0 Å². The number of aliphatic hydroxyl groups excluding tert-OH is 1. The summed E-state index contributed by atoms with van der Waals surface area (Å²) < 4.78 is 26.3. The minimum absolute atomic E-state index is 0.0281. The number of hydrogen-bond acceptors (Lipinski definition) is 4. The lowest BCUT2D eigenvalue weighted by atomic mass is 10.4. The molecule has 1 aliphatic carbocycles. The molecule has 1 fully saturated rings. The Morgan fingerprint density at radius 1 is 1.59 bits per heavy atom. The summed E-state index contributed by atoms with van der Waals surface area (Å²) in [5.41, 5.74) is 0.326. The van der Waals surface area contributed by atoms with E-state index in [-0.39, 0.29) is 17.7 Å². The first-order chi connectivity index (χ1) is 8.11. The second-order valence-corrected chi connectivity index (χ2v) is 6.06. The van der Waals surface area contributed by atoms with Crippen LogP contribution in [0.4, 0.5) is 0 Å². The van der Waals surface area contributed by atoms with E-state index in [4.69, 9.17) is 5.11 Å². The second kappa shape index (κ2) is 4.75. The fourth-order valence-corrected chi connectivity index (χ4v) is 3.71. The van der Waals surface area contributed by atoms with Crippen LogP contribution < -0.4 is 0 Å². The highest BCUT2D eigenvalue weighted by molar-refractivity contribution is 7.89. The number of aromatic amines is 1. The van der Waals surface area contributed by atoms with Gasteiger partial charge in [0.2, 0.25) is 0 Å². The molecule has 1 aromatic heterocycles. The van der Waals surface area contributed by atoms with Gasteiger partial charge in [0.25, 0.3) is 10.0 Å². The molecule has 0 spiro atoms. The number of sulfonamides is 1. The number of nitrogens with zero attached hydrogens (tertiary/aromatic N) is 2. The molecular formula is C10H17N3O3S. The van der Waals surface area contributed by atoms with Gasteiger partial charge in [0, 0.05) is 18.2 Å². The van der Waals surface area contributed by atoms with Crippen molar-refractivity contribution in [1.82, 2.24) is 14.5 Å². The Morgan fingerprint density at radius 2 is 2.29 bits per heavy atom. The number of aromatic nitrogens is 2. The van der Waals surface area contributed by atoms with Crippen LogP contribution in [0.3, 0.4) is 0 Å². The smallest absolute Gasteiger partial charge is 0.260 e. The zero-order valence-corrected chi connectivity index (χ0v) is 10.6. The van der Waals surface area contributed by atoms with E-state index in [2.05, 4.69) is 10.2 Å². The fraction of sp³-hybridized carbons (Fsp3) is 0.700. The van der Waals surface area contributed by atoms with Crippen molar-refractivity contribution in [3.05, 3.63) is 11.8 Å². The maximum absolute atomic E-state index is 12.4. The summed E-state index contributed by atoms with van der Waals surface area (Å²) >= 11 is 0. The van der Waals surface area contributed by atoms with Gasteiger partial charge in [-0.2, -0.15) is 9.40 Å². The lowest BCUT2D eigenvalue weighted by Crippen LogP contribution is -2.34. The quantitative estimate of drug-likeness (QED) is 0.777. The minimum atomic E-state index is -3.54. The first-order valence-corrected chi connectivity index (χ1v) is 7.20. The number of rotatable bonds is 6. The van der Waals surface area contributed by atoms with Crippen molar-refractivity contribution < 1.29 is 13.5 Å². The van der Waals surface area contributed by atoms with Crippen LogP contribution in [-0.4, -0.2) is 40.6 Å². The topological polar surface area (TPSA) is 86.3 Å². The van der Waals surface area contributed by atoms with Crippen molar-refractivity contribution >= 4 is 10.0 Å². The Balaban J connectivity index is 2.33. The molecule has 0 amide bonds. The predicted octanol–water partition coefficient (Wildman–Crippen LogP) is 0.465. The Morgan fingerprint density at radius 3 is 2.82 bits per heavy atom. The molecule has 0 radical (unpaired) electrons. The van der Waals surface area contributed by atoms with Gasteiger partial charge < -0.3 is 5.11 Å². The minimum Gasteiger partial charge on any atom is -0.392 e. The number of H-pyrrole nitrogens is 1. The van der Waals surface area contributed by atoms with Crippen LogP contribution >= 0.6 is 0 Å². The molecule has 17 heavy (non-hydrogen) atoms. The van der Waals surface area contributed by atoms with Crippen LogP contribution in [0.2, 0.25) is 0 Å². The van der Waals surface area contributed by atoms with Gasteiger partial charge in [0.15, 0.2) is 5.03 Å². The molecule has 2 rings (SSSR count). The van der Waals surface area contributed by atoms with Crippen LogP contribution in [0.15, 0.2) is 11.2 Å². The third-order valence-electron chi connectivity index (χ3n) is 2.81. The van der Waals surface area contributed by atoms with E-state index in [9.17, 15) is 8.42 Å². The first-order valence-electron chi connectivity index (χ1n) is 5.76. The molecule has 2 N–H and O–H groups in total. The molecule has 0 aliphatic heterocycles. The molecule has 1 heterocycles. The van der Waals surface area contributed by atoms with E-state index in [1.807, 2.05) is 6.92 Å². The van der Waals surface area contributed by atoms with Gasteiger partial charge in [-0.15, -0.1) is 0 Å². The molecule has 96 valence electrons. The highest BCUT2D eigenvalue weighted by Gasteiger charge is 2.39. The van der Waals surface area contributed by atoms with Crippen LogP contribution in [0, 0.1) is 0 Å². The average molecular weight is 259 g/mol. The SMILES string of the molecule is CCCN(C1CC1)S(=O)(=O)c1[nH]ncc1CO. The molecule has 0 atom stereocenters. The Hall–Kier alpha value is -0.920. The molecule has 1 aliphatic rings. The molecule has 1 aromatic rings. The fourth-order valence-electron chi connectivity index (χ4n) is 1.83. The molecule has 6 nitrogen and oxygen atoms in total. The van der Waals surface area contributed by atoms with E-state index in [0.717, 1.165) is 19.3 Å². The summed E-state index contributed by atoms with van der Waals surface area (Å²) in [6, 6.07) is 0.120. The monoisotopic (exact) mass is 259 g/mol. The Labute approximate surface area is 101 Å². The van der Waals surface area contributed by atoms with Crippen molar-refractivity contribution in [2.24, 2.45) is 0 Å². The zero-order valence-electron chi connectivity index (χ0n) is 9.76. The molecule has 7 heteroatoms. The lowest BCUT2D eigenvalue weighted by molar-refractivity contribution is 0.277. The van der Waals surface area contributed by atoms with Gasteiger partial charge in [-0.05, 0) is 19.3 Å². The van der Waals surface area contributed by atoms with Crippen molar-refractivity contribution in [2.45, 2.75) is 43.9 Å². The summed E-state index contributed by atoms with van der Waals surface area (Å²) in [6.07, 6.45) is 3.96. The average Bonchev–Trinajstić information content (AvgIpc) is 3.00. The molecule has 0 unspecified atom stereocenters. The Bertz CT molecular complexity index is 479. The van der Waals surface area contributed by atoms with Crippen LogP contribution in [0.25, 0.3) is 0 Å². The normalized spacial score (nSPS) is 16.6. The highest BCUT2D eigenvalue weighted by atomic mass is 32.2. The van der Waals surface area contributed by atoms with E-state index in [0.29, 0.717) is 12.1 Å². The van der Waals surface area contributed by atoms with Gasteiger partial charge in [-0.3, -0.25) is 5.10 Å². The molecular weight excluding hydrogens is 242 g/mol. The predicted molar refractivity (Wildman–Crippen MR) is 61.7 cm³/mol. The van der Waals surface area contributed by atoms with Crippen LogP contribution in [-0.2, 0) is 16.6 Å². The maximum Gasteiger partial charge on any atom is 0.260 e. The second-order valence-electron chi connectivity index (χ2n) is 4.23. The molecule has 0 aromatic carbocycles. The van der Waals surface area contributed by atoms with Gasteiger partial charge >= 0.3 is 0 Å². The van der Waals surface area contributed by atoms with Crippen molar-refractivity contribution in [1.29, 1.82) is 0 Å². The third kappa shape index (κ3) is 2.36. The van der Waals surface area contributed by atoms with E-state index in [1.54, 1.807) is 0 Å². The van der Waals surface area contributed by atoms with Gasteiger partial charge in [-0.1, -0.05) is 6.92 Å². The summed E-state index contributed by atoms with van der Waals surface area (Å²) in [6.45, 7) is 2.14. The lowest BCUT2D eigenvalue weighted by Gasteiger charge is -2.20. The van der Waals surface area contributed by atoms with Crippen molar-refractivity contribution in [3.8, 4) is 0 Å². The molecule has 1 saturated carbocycles. The number of hydrogen-bond donors (Lipinski definition) is 2. The number of nitrogens with one attached hydrogen (secondary N) is 1. The zero-order chi connectivity index (χ0) is 12.5. The first kappa shape index (κ1) is 12.5. The maximum atomic E-state index is 12.4. The standard InChI is InChI=1S/C10H17N3O3S/c1-2-5-13(9-3-4-9)17(15,16)10-8(7-14)6-11-12-10/h6,9,14H,2-5,7H2,1H3,(H,11,12). The van der Waals surface area contributed by atoms with Crippen molar-refractivity contribution in [2.75, 3.05) is 6.54 Å². The Kier molecular flexibility index (Phi) is 3.50. The van der Waals surface area contributed by atoms with Gasteiger partial charge in [-0.25, -0.2) is 8.42 Å². The van der Waals surface area contributed by atoms with E-state index >= 15 is 0 Å². The van der Waals surface area contributed by atoms with E-state index in [1.165, 1.54) is 10.5 Å². The van der Waals surface area contributed by atoms with Gasteiger partial charge in [0.05, 0.1) is 12.8 Å². The summed E-state index contributed by atoms with van der Waals surface area (Å²) in [7, 11) is -3.54. The third-order valence-corrected chi connectivity index (χ3v) is 4.78. The van der Waals surface area contributed by atoms with Crippen molar-refractivity contribution in [3.63, 3.8) is 0 Å². The summed E-state index contributed by atoms with van der Waals surface area (Å²) in [4.78, 5) is 0. The van der Waals surface area contributed by atoms with Crippen LogP contribution in [0.5, 0.6) is 0 Å².